The summed E-state index contributed by atoms with van der Waals surface area (Å²) in [7, 11) is 0. The van der Waals surface area contributed by atoms with Gasteiger partial charge in [0, 0.05) is 23.6 Å². The van der Waals surface area contributed by atoms with Gasteiger partial charge in [0.25, 0.3) is 5.91 Å². The van der Waals surface area contributed by atoms with E-state index in [4.69, 9.17) is 0 Å². The van der Waals surface area contributed by atoms with Gasteiger partial charge in [-0.1, -0.05) is 42.1 Å². The lowest BCUT2D eigenvalue weighted by atomic mass is 10.2. The third-order valence-corrected chi connectivity index (χ3v) is 7.33. The van der Waals surface area contributed by atoms with Gasteiger partial charge >= 0.3 is 0 Å². The molecule has 176 valence electrons. The van der Waals surface area contributed by atoms with Gasteiger partial charge in [-0.25, -0.2) is 5.01 Å². The molecule has 0 saturated carbocycles. The molecule has 1 aliphatic heterocycles. The van der Waals surface area contributed by atoms with E-state index in [-0.39, 0.29) is 34.4 Å². The summed E-state index contributed by atoms with van der Waals surface area (Å²) in [5.41, 5.74) is 5.21. The molecule has 3 heterocycles. The molecule has 35 heavy (non-hydrogen) atoms. The van der Waals surface area contributed by atoms with Gasteiger partial charge in [0.2, 0.25) is 5.91 Å². The standard InChI is InChI=1S/C24H20N6O3S2/c31-19-10-8-16(9-11-19)23-30(21(33)15-34-23)28-20(32)14-35-24-27-26-22(17-5-4-12-25-13-17)29(24)18-6-2-1-3-7-18/h1-13,23,31H,14-15H2,(H,28,32). The minimum absolute atomic E-state index is 0.0365. The number of carbonyl (C=O) groups is 2. The second-order valence-corrected chi connectivity index (χ2v) is 9.57. The Morgan fingerprint density at radius 1 is 1.09 bits per heavy atom. The number of nitrogens with zero attached hydrogens (tertiary/aromatic N) is 5. The van der Waals surface area contributed by atoms with Crippen molar-refractivity contribution in [2.75, 3.05) is 11.5 Å². The van der Waals surface area contributed by atoms with E-state index in [9.17, 15) is 14.7 Å². The van der Waals surface area contributed by atoms with Gasteiger partial charge in [-0.2, -0.15) is 0 Å². The molecular formula is C24H20N6O3S2. The van der Waals surface area contributed by atoms with E-state index in [0.717, 1.165) is 16.8 Å². The van der Waals surface area contributed by atoms with Crippen LogP contribution in [0.25, 0.3) is 17.1 Å². The number of hydrogen-bond donors (Lipinski definition) is 2. The summed E-state index contributed by atoms with van der Waals surface area (Å²) in [6.45, 7) is 0. The highest BCUT2D eigenvalue weighted by Gasteiger charge is 2.34. The van der Waals surface area contributed by atoms with E-state index >= 15 is 0 Å². The fourth-order valence-corrected chi connectivity index (χ4v) is 5.44. The molecule has 0 aliphatic carbocycles. The largest absolute Gasteiger partial charge is 0.508 e. The number of amides is 2. The minimum atomic E-state index is -0.359. The van der Waals surface area contributed by atoms with E-state index in [1.807, 2.05) is 47.0 Å². The summed E-state index contributed by atoms with van der Waals surface area (Å²) in [6, 6.07) is 20.0. The van der Waals surface area contributed by atoms with Gasteiger partial charge in [-0.3, -0.25) is 24.6 Å². The molecule has 2 aromatic heterocycles. The van der Waals surface area contributed by atoms with Crippen LogP contribution in [-0.2, 0) is 9.59 Å². The van der Waals surface area contributed by atoms with Crippen molar-refractivity contribution in [3.05, 3.63) is 84.7 Å². The average Bonchev–Trinajstić information content (AvgIpc) is 3.48. The molecule has 0 bridgehead atoms. The lowest BCUT2D eigenvalue weighted by Crippen LogP contribution is -2.45. The molecule has 1 aliphatic rings. The minimum Gasteiger partial charge on any atom is -0.508 e. The second-order valence-electron chi connectivity index (χ2n) is 7.56. The number of para-hydroxylation sites is 1. The summed E-state index contributed by atoms with van der Waals surface area (Å²) in [5, 5.41) is 19.7. The molecule has 5 rings (SSSR count). The number of pyridine rings is 1. The van der Waals surface area contributed by atoms with Crippen molar-refractivity contribution >= 4 is 35.3 Å². The SMILES string of the molecule is O=C(CSc1nnc(-c2cccnc2)n1-c1ccccc1)NN1C(=O)CSC1c1ccc(O)cc1. The Labute approximate surface area is 209 Å². The second kappa shape index (κ2) is 10.2. The predicted molar refractivity (Wildman–Crippen MR) is 134 cm³/mol. The molecule has 11 heteroatoms. The fraction of sp³-hybridized carbons (Fsp3) is 0.125. The number of phenols is 1. The zero-order valence-corrected chi connectivity index (χ0v) is 19.9. The normalized spacial score (nSPS) is 15.4. The molecular weight excluding hydrogens is 484 g/mol. The molecule has 1 unspecified atom stereocenters. The number of thioether (sulfide) groups is 2. The van der Waals surface area contributed by atoms with E-state index in [2.05, 4.69) is 20.6 Å². The Kier molecular flexibility index (Phi) is 6.68. The number of aromatic nitrogens is 4. The van der Waals surface area contributed by atoms with Crippen molar-refractivity contribution < 1.29 is 14.7 Å². The van der Waals surface area contributed by atoms with Crippen LogP contribution in [0.2, 0.25) is 0 Å². The Hall–Kier alpha value is -3.83. The van der Waals surface area contributed by atoms with Crippen LogP contribution in [0.5, 0.6) is 5.75 Å². The van der Waals surface area contributed by atoms with Gasteiger partial charge in [0.1, 0.15) is 11.1 Å². The topological polar surface area (TPSA) is 113 Å². The Balaban J connectivity index is 1.33. The number of hydrogen-bond acceptors (Lipinski definition) is 8. The summed E-state index contributed by atoms with van der Waals surface area (Å²) in [5.74, 6) is 0.539. The summed E-state index contributed by atoms with van der Waals surface area (Å²) in [6.07, 6.45) is 3.40. The van der Waals surface area contributed by atoms with Gasteiger partial charge in [0.15, 0.2) is 11.0 Å². The number of carbonyl (C=O) groups excluding carboxylic acids is 2. The first-order chi connectivity index (χ1) is 17.1. The zero-order chi connectivity index (χ0) is 24.2. The van der Waals surface area contributed by atoms with Crippen LogP contribution in [0.3, 0.4) is 0 Å². The van der Waals surface area contributed by atoms with E-state index in [1.165, 1.54) is 28.5 Å². The Bertz CT molecular complexity index is 1330. The maximum absolute atomic E-state index is 12.8. The first-order valence-electron chi connectivity index (χ1n) is 10.7. The first-order valence-corrected chi connectivity index (χ1v) is 12.7. The molecule has 2 N–H and O–H groups in total. The highest BCUT2D eigenvalue weighted by molar-refractivity contribution is 8.00. The number of aromatic hydroxyl groups is 1. The highest BCUT2D eigenvalue weighted by Crippen LogP contribution is 2.37. The molecule has 0 spiro atoms. The number of rotatable bonds is 7. The van der Waals surface area contributed by atoms with E-state index in [1.54, 1.807) is 36.7 Å². The smallest absolute Gasteiger partial charge is 0.252 e. The van der Waals surface area contributed by atoms with Crippen molar-refractivity contribution in [2.24, 2.45) is 0 Å². The first kappa shape index (κ1) is 22.9. The molecule has 1 atom stereocenters. The highest BCUT2D eigenvalue weighted by atomic mass is 32.2. The fourth-order valence-electron chi connectivity index (χ4n) is 3.58. The molecule has 2 aromatic carbocycles. The number of nitrogens with one attached hydrogen (secondary N) is 1. The monoisotopic (exact) mass is 504 g/mol. The summed E-state index contributed by atoms with van der Waals surface area (Å²) in [4.78, 5) is 29.4. The van der Waals surface area contributed by atoms with Crippen molar-refractivity contribution in [1.29, 1.82) is 0 Å². The van der Waals surface area contributed by atoms with Crippen molar-refractivity contribution in [3.63, 3.8) is 0 Å². The summed E-state index contributed by atoms with van der Waals surface area (Å²) >= 11 is 2.64. The Morgan fingerprint density at radius 2 is 1.89 bits per heavy atom. The maximum atomic E-state index is 12.8. The van der Waals surface area contributed by atoms with Gasteiger partial charge < -0.3 is 5.11 Å². The van der Waals surface area contributed by atoms with Crippen LogP contribution < -0.4 is 5.43 Å². The maximum Gasteiger partial charge on any atom is 0.252 e. The number of hydrazine groups is 1. The quantitative estimate of drug-likeness (QED) is 0.368. The van der Waals surface area contributed by atoms with Crippen LogP contribution in [0, 0.1) is 0 Å². The van der Waals surface area contributed by atoms with Crippen LogP contribution in [-0.4, -0.2) is 53.2 Å². The molecule has 2 amide bonds. The lowest BCUT2D eigenvalue weighted by Gasteiger charge is -2.24. The lowest BCUT2D eigenvalue weighted by molar-refractivity contribution is -0.138. The number of benzene rings is 2. The number of phenolic OH excluding ortho intramolecular Hbond substituents is 1. The van der Waals surface area contributed by atoms with Crippen LogP contribution >= 0.6 is 23.5 Å². The molecule has 1 fully saturated rings. The van der Waals surface area contributed by atoms with Gasteiger partial charge in [0.05, 0.1) is 11.5 Å². The summed E-state index contributed by atoms with van der Waals surface area (Å²) < 4.78 is 1.88. The van der Waals surface area contributed by atoms with Crippen molar-refractivity contribution in [2.45, 2.75) is 10.5 Å². The molecule has 4 aromatic rings. The third-order valence-electron chi connectivity index (χ3n) is 5.19. The van der Waals surface area contributed by atoms with Crippen molar-refractivity contribution in [3.8, 4) is 22.8 Å². The van der Waals surface area contributed by atoms with Crippen LogP contribution in [0.4, 0.5) is 0 Å². The molecule has 9 nitrogen and oxygen atoms in total. The average molecular weight is 505 g/mol. The van der Waals surface area contributed by atoms with Crippen LogP contribution in [0.15, 0.2) is 84.3 Å². The molecule has 1 saturated heterocycles. The van der Waals surface area contributed by atoms with Gasteiger partial charge in [-0.05, 0) is 42.0 Å². The van der Waals surface area contributed by atoms with Gasteiger partial charge in [-0.15, -0.1) is 22.0 Å². The third kappa shape index (κ3) is 5.00. The van der Waals surface area contributed by atoms with Crippen LogP contribution in [0.1, 0.15) is 10.9 Å². The zero-order valence-electron chi connectivity index (χ0n) is 18.3. The van der Waals surface area contributed by atoms with Crippen molar-refractivity contribution in [1.82, 2.24) is 30.2 Å². The predicted octanol–water partition coefficient (Wildman–Crippen LogP) is 3.43. The van der Waals surface area contributed by atoms with E-state index < -0.39 is 0 Å². The Morgan fingerprint density at radius 3 is 2.63 bits per heavy atom. The molecule has 0 radical (unpaired) electrons. The van der Waals surface area contributed by atoms with E-state index in [0.29, 0.717) is 11.0 Å².